The van der Waals surface area contributed by atoms with Gasteiger partial charge >= 0.3 is 5.97 Å². The van der Waals surface area contributed by atoms with E-state index in [1.807, 2.05) is 0 Å². The average molecular weight is 182 g/mol. The van der Waals surface area contributed by atoms with E-state index in [4.69, 9.17) is 4.74 Å². The molecule has 2 fully saturated rings. The molecule has 0 amide bonds. The van der Waals surface area contributed by atoms with Crippen LogP contribution in [0.15, 0.2) is 0 Å². The Kier molecular flexibility index (Phi) is 1.90. The van der Waals surface area contributed by atoms with Gasteiger partial charge in [-0.3, -0.25) is 4.79 Å². The van der Waals surface area contributed by atoms with Crippen molar-refractivity contribution in [2.24, 2.45) is 23.2 Å². The molecule has 2 heteroatoms. The largest absolute Gasteiger partial charge is 0.465 e. The summed E-state index contributed by atoms with van der Waals surface area (Å²) in [4.78, 5) is 11.6. The Morgan fingerprint density at radius 1 is 1.54 bits per heavy atom. The first-order valence-corrected chi connectivity index (χ1v) is 5.21. The van der Waals surface area contributed by atoms with Gasteiger partial charge in [0.15, 0.2) is 0 Å². The van der Waals surface area contributed by atoms with E-state index in [0.717, 1.165) is 6.42 Å². The second-order valence-electron chi connectivity index (χ2n) is 5.19. The predicted octanol–water partition coefficient (Wildman–Crippen LogP) is 2.23. The van der Waals surface area contributed by atoms with Gasteiger partial charge in [-0.15, -0.1) is 0 Å². The molecule has 0 radical (unpaired) electrons. The first kappa shape index (κ1) is 9.04. The lowest BCUT2D eigenvalue weighted by molar-refractivity contribution is -0.143. The topological polar surface area (TPSA) is 26.3 Å². The molecule has 1 aliphatic carbocycles. The standard InChI is InChI=1S/C11H18O2/c1-7(2)8-4-5-11(3)6-13-10(12)9(8)11/h7-9H,4-6H2,1-3H3/t8-,9-,11+/m1/s1. The fraction of sp³-hybridized carbons (Fsp3) is 0.909. The van der Waals surface area contributed by atoms with Gasteiger partial charge in [-0.25, -0.2) is 0 Å². The van der Waals surface area contributed by atoms with Gasteiger partial charge in [-0.1, -0.05) is 20.8 Å². The van der Waals surface area contributed by atoms with Crippen molar-refractivity contribution in [3.8, 4) is 0 Å². The van der Waals surface area contributed by atoms with E-state index in [1.165, 1.54) is 6.42 Å². The molecule has 1 saturated heterocycles. The quantitative estimate of drug-likeness (QED) is 0.581. The summed E-state index contributed by atoms with van der Waals surface area (Å²) in [6.45, 7) is 7.27. The molecule has 0 aromatic heterocycles. The van der Waals surface area contributed by atoms with Crippen molar-refractivity contribution in [1.82, 2.24) is 0 Å². The van der Waals surface area contributed by atoms with Crippen LogP contribution in [0.1, 0.15) is 33.6 Å². The number of carbonyl (C=O) groups excluding carboxylic acids is 1. The first-order valence-electron chi connectivity index (χ1n) is 5.21. The molecule has 1 heterocycles. The highest BCUT2D eigenvalue weighted by Gasteiger charge is 2.55. The van der Waals surface area contributed by atoms with E-state index in [1.54, 1.807) is 0 Å². The van der Waals surface area contributed by atoms with Crippen LogP contribution in [-0.2, 0) is 9.53 Å². The van der Waals surface area contributed by atoms with E-state index in [0.29, 0.717) is 18.4 Å². The summed E-state index contributed by atoms with van der Waals surface area (Å²) in [7, 11) is 0. The summed E-state index contributed by atoms with van der Waals surface area (Å²) in [5, 5.41) is 0. The molecule has 2 nitrogen and oxygen atoms in total. The van der Waals surface area contributed by atoms with Crippen LogP contribution in [0.4, 0.5) is 0 Å². The third kappa shape index (κ3) is 1.18. The lowest BCUT2D eigenvalue weighted by atomic mass is 9.76. The molecule has 2 rings (SSSR count). The smallest absolute Gasteiger partial charge is 0.309 e. The molecule has 1 aliphatic heterocycles. The SMILES string of the molecule is CC(C)[C@H]1CC[C@@]2(C)COC(=O)[C@@H]12. The molecule has 0 bridgehead atoms. The number of ether oxygens (including phenoxy) is 1. The zero-order chi connectivity index (χ0) is 9.64. The summed E-state index contributed by atoms with van der Waals surface area (Å²) in [6, 6.07) is 0. The zero-order valence-corrected chi connectivity index (χ0v) is 8.67. The summed E-state index contributed by atoms with van der Waals surface area (Å²) in [5.74, 6) is 1.41. The summed E-state index contributed by atoms with van der Waals surface area (Å²) >= 11 is 0. The van der Waals surface area contributed by atoms with Gasteiger partial charge in [-0.05, 0) is 24.7 Å². The van der Waals surface area contributed by atoms with E-state index in [-0.39, 0.29) is 17.3 Å². The maximum atomic E-state index is 11.6. The third-order valence-electron chi connectivity index (χ3n) is 3.88. The predicted molar refractivity (Wildman–Crippen MR) is 50.1 cm³/mol. The van der Waals surface area contributed by atoms with Crippen molar-refractivity contribution in [1.29, 1.82) is 0 Å². The van der Waals surface area contributed by atoms with Gasteiger partial charge in [0, 0.05) is 5.41 Å². The zero-order valence-electron chi connectivity index (χ0n) is 8.67. The minimum Gasteiger partial charge on any atom is -0.465 e. The van der Waals surface area contributed by atoms with E-state index in [2.05, 4.69) is 20.8 Å². The summed E-state index contributed by atoms with van der Waals surface area (Å²) in [5.41, 5.74) is 0.159. The van der Waals surface area contributed by atoms with Crippen molar-refractivity contribution >= 4 is 5.97 Å². The fourth-order valence-electron chi connectivity index (χ4n) is 3.00. The highest BCUT2D eigenvalue weighted by Crippen LogP contribution is 2.53. The van der Waals surface area contributed by atoms with Gasteiger partial charge in [0.05, 0.1) is 12.5 Å². The number of carbonyl (C=O) groups is 1. The van der Waals surface area contributed by atoms with Gasteiger partial charge in [0.2, 0.25) is 0 Å². The molecule has 0 N–H and O–H groups in total. The minimum absolute atomic E-state index is 0.0544. The third-order valence-corrected chi connectivity index (χ3v) is 3.88. The lowest BCUT2D eigenvalue weighted by Crippen LogP contribution is -2.28. The van der Waals surface area contributed by atoms with Crippen LogP contribution >= 0.6 is 0 Å². The number of fused-ring (bicyclic) bond motifs is 1. The molecule has 1 saturated carbocycles. The molecule has 13 heavy (non-hydrogen) atoms. The van der Waals surface area contributed by atoms with Crippen molar-refractivity contribution in [2.45, 2.75) is 33.6 Å². The van der Waals surface area contributed by atoms with Crippen LogP contribution in [0.2, 0.25) is 0 Å². The maximum Gasteiger partial charge on any atom is 0.309 e. The molecular weight excluding hydrogens is 164 g/mol. The number of hydrogen-bond donors (Lipinski definition) is 0. The van der Waals surface area contributed by atoms with Gasteiger partial charge in [0.1, 0.15) is 0 Å². The van der Waals surface area contributed by atoms with E-state index >= 15 is 0 Å². The van der Waals surface area contributed by atoms with Crippen LogP contribution in [0.5, 0.6) is 0 Å². The molecule has 0 unspecified atom stereocenters. The Morgan fingerprint density at radius 3 is 2.85 bits per heavy atom. The second-order valence-corrected chi connectivity index (χ2v) is 5.19. The fourth-order valence-corrected chi connectivity index (χ4v) is 3.00. The molecular formula is C11H18O2. The molecule has 3 atom stereocenters. The van der Waals surface area contributed by atoms with Crippen LogP contribution in [0.3, 0.4) is 0 Å². The molecule has 0 spiro atoms. The number of cyclic esters (lactones) is 1. The molecule has 74 valence electrons. The number of rotatable bonds is 1. The van der Waals surface area contributed by atoms with Crippen molar-refractivity contribution in [2.75, 3.05) is 6.61 Å². The highest BCUT2D eigenvalue weighted by atomic mass is 16.5. The van der Waals surface area contributed by atoms with Crippen LogP contribution in [0, 0.1) is 23.2 Å². The van der Waals surface area contributed by atoms with Gasteiger partial charge in [-0.2, -0.15) is 0 Å². The van der Waals surface area contributed by atoms with Gasteiger partial charge in [0.25, 0.3) is 0 Å². The van der Waals surface area contributed by atoms with Crippen LogP contribution < -0.4 is 0 Å². The van der Waals surface area contributed by atoms with Crippen molar-refractivity contribution in [3.63, 3.8) is 0 Å². The number of hydrogen-bond acceptors (Lipinski definition) is 2. The Bertz CT molecular complexity index is 234. The minimum atomic E-state index is 0.0544. The average Bonchev–Trinajstić information content (AvgIpc) is 2.50. The highest BCUT2D eigenvalue weighted by molar-refractivity contribution is 5.76. The Hall–Kier alpha value is -0.530. The molecule has 0 aromatic rings. The lowest BCUT2D eigenvalue weighted by Gasteiger charge is -2.23. The number of esters is 1. The first-order chi connectivity index (χ1) is 6.04. The monoisotopic (exact) mass is 182 g/mol. The van der Waals surface area contributed by atoms with Gasteiger partial charge < -0.3 is 4.74 Å². The summed E-state index contributed by atoms with van der Waals surface area (Å²) in [6.07, 6.45) is 2.36. The Labute approximate surface area is 79.7 Å². The maximum absolute atomic E-state index is 11.6. The van der Waals surface area contributed by atoms with Crippen molar-refractivity contribution in [3.05, 3.63) is 0 Å². The molecule has 2 aliphatic rings. The van der Waals surface area contributed by atoms with E-state index in [9.17, 15) is 4.79 Å². The van der Waals surface area contributed by atoms with Crippen molar-refractivity contribution < 1.29 is 9.53 Å². The van der Waals surface area contributed by atoms with Crippen LogP contribution in [0.25, 0.3) is 0 Å². The molecule has 0 aromatic carbocycles. The van der Waals surface area contributed by atoms with Crippen LogP contribution in [-0.4, -0.2) is 12.6 Å². The van der Waals surface area contributed by atoms with E-state index < -0.39 is 0 Å². The second kappa shape index (κ2) is 2.73. The Morgan fingerprint density at radius 2 is 2.23 bits per heavy atom. The Balaban J connectivity index is 2.25. The normalized spacial score (nSPS) is 43.8. The summed E-state index contributed by atoms with van der Waals surface area (Å²) < 4.78 is 5.16.